The average Bonchev–Trinajstić information content (AvgIpc) is 2.59. The maximum absolute atomic E-state index is 8.81. The second-order valence-electron chi connectivity index (χ2n) is 2.59. The van der Waals surface area contributed by atoms with Crippen molar-refractivity contribution >= 4 is 6.29 Å². The number of methoxy groups -OCH3 is 1. The van der Waals surface area contributed by atoms with Gasteiger partial charge in [-0.1, -0.05) is 66.3 Å². The van der Waals surface area contributed by atoms with E-state index < -0.39 is 0 Å². The Hall–Kier alpha value is -1.57. The van der Waals surface area contributed by atoms with Gasteiger partial charge >= 0.3 is 0 Å². The third-order valence-corrected chi connectivity index (χ3v) is 1.31. The zero-order chi connectivity index (χ0) is 19.4. The lowest BCUT2D eigenvalue weighted by Crippen LogP contribution is -1.86. The van der Waals surface area contributed by atoms with Crippen LogP contribution in [-0.4, -0.2) is 13.4 Å². The van der Waals surface area contributed by atoms with Gasteiger partial charge in [0.25, 0.3) is 0 Å². The first-order valence-electron chi connectivity index (χ1n) is 8.06. The first kappa shape index (κ1) is 37.0. The molecule has 0 heterocycles. The summed E-state index contributed by atoms with van der Waals surface area (Å²) >= 11 is 0. The summed E-state index contributed by atoms with van der Waals surface area (Å²) in [5.74, 6) is 0.873. The largest absolute Gasteiger partial charge is 0.497 e. The molecule has 0 aromatic carbocycles. The summed E-state index contributed by atoms with van der Waals surface area (Å²) in [5, 5.41) is 0. The molecule has 0 radical (unpaired) electrons. The second kappa shape index (κ2) is 60.7. The van der Waals surface area contributed by atoms with Crippen LogP contribution in [0.5, 0.6) is 0 Å². The monoisotopic (exact) mass is 314 g/mol. The first-order chi connectivity index (χ1) is 10.6. The number of carbonyl (C=O) groups is 1. The summed E-state index contributed by atoms with van der Waals surface area (Å²) < 4.78 is 5.06. The van der Waals surface area contributed by atoms with Gasteiger partial charge in [0.2, 0.25) is 0 Å². The predicted octanol–water partition coefficient (Wildman–Crippen LogP) is 7.15. The minimum Gasteiger partial charge on any atom is -0.497 e. The molecule has 2 heteroatoms. The first-order valence-corrected chi connectivity index (χ1v) is 8.06. The molecule has 2 nitrogen and oxygen atoms in total. The average molecular weight is 315 g/mol. The Kier molecular flexibility index (Phi) is 102. The maximum atomic E-state index is 8.81. The van der Waals surface area contributed by atoms with Crippen LogP contribution in [0.3, 0.4) is 0 Å². The Balaban J connectivity index is -0.0000000444. The molecule has 22 heavy (non-hydrogen) atoms. The highest BCUT2D eigenvalue weighted by Gasteiger charge is 1.93. The molecular weight excluding hydrogens is 272 g/mol. The molecule has 0 aromatic rings. The number of ether oxygens (including phenoxy) is 1. The summed E-state index contributed by atoms with van der Waals surface area (Å²) in [5.41, 5.74) is 1.13. The minimum atomic E-state index is 0.750. The van der Waals surface area contributed by atoms with Crippen molar-refractivity contribution in [2.75, 3.05) is 7.11 Å². The lowest BCUT2D eigenvalue weighted by atomic mass is 10.2. The molecule has 0 N–H and O–H groups in total. The number of hydrogen-bond donors (Lipinski definition) is 0. The van der Waals surface area contributed by atoms with Crippen molar-refractivity contribution < 1.29 is 9.53 Å². The summed E-state index contributed by atoms with van der Waals surface area (Å²) in [7, 11) is 1.66. The zero-order valence-corrected chi connectivity index (χ0v) is 17.1. The molecule has 0 aliphatic heterocycles. The summed E-state index contributed by atoms with van der Waals surface area (Å²) in [6.07, 6.45) is 8.06. The Labute approximate surface area is 141 Å². The second-order valence-corrected chi connectivity index (χ2v) is 2.59. The van der Waals surface area contributed by atoms with E-state index in [2.05, 4.69) is 13.2 Å². The number of aldehydes is 1. The van der Waals surface area contributed by atoms with Crippen LogP contribution in [-0.2, 0) is 9.53 Å². The van der Waals surface area contributed by atoms with E-state index in [-0.39, 0.29) is 0 Å². The van der Waals surface area contributed by atoms with Crippen molar-refractivity contribution in [1.29, 1.82) is 0 Å². The number of carbonyl (C=O) groups excluding carboxylic acids is 1. The van der Waals surface area contributed by atoms with Gasteiger partial charge in [-0.15, -0.1) is 6.58 Å². The van der Waals surface area contributed by atoms with Crippen LogP contribution in [0, 0.1) is 0 Å². The van der Waals surface area contributed by atoms with Crippen LogP contribution < -0.4 is 0 Å². The van der Waals surface area contributed by atoms with Gasteiger partial charge in [-0.2, -0.15) is 0 Å². The third kappa shape index (κ3) is 63.0. The maximum Gasteiger partial charge on any atom is 0.121 e. The zero-order valence-electron chi connectivity index (χ0n) is 17.1. The number of rotatable bonds is 3. The van der Waals surface area contributed by atoms with Crippen molar-refractivity contribution in [3.63, 3.8) is 0 Å². The number of hydrogen-bond acceptors (Lipinski definition) is 2. The van der Waals surface area contributed by atoms with E-state index in [0.717, 1.165) is 17.6 Å². The Bertz CT molecular complexity index is 230. The predicted molar refractivity (Wildman–Crippen MR) is 106 cm³/mol. The molecule has 0 saturated carbocycles. The fraction of sp³-hybridized carbons (Fsp3) is 0.550. The minimum absolute atomic E-state index is 0.750. The lowest BCUT2D eigenvalue weighted by Gasteiger charge is -2.03. The molecular formula is C20H42O2. The Morgan fingerprint density at radius 2 is 1.18 bits per heavy atom. The molecule has 0 unspecified atom stereocenters. The molecule has 0 aromatic heterocycles. The van der Waals surface area contributed by atoms with Crippen LogP contribution >= 0.6 is 0 Å². The molecule has 0 aliphatic rings. The quantitative estimate of drug-likeness (QED) is 0.239. The topological polar surface area (TPSA) is 26.3 Å². The molecule has 0 bridgehead atoms. The van der Waals surface area contributed by atoms with Gasteiger partial charge in [0.1, 0.15) is 12.0 Å². The fourth-order valence-electron chi connectivity index (χ4n) is 0.610. The Morgan fingerprint density at radius 3 is 1.32 bits per heavy atom. The van der Waals surface area contributed by atoms with Crippen LogP contribution in [0.4, 0.5) is 0 Å². The summed E-state index contributed by atoms with van der Waals surface area (Å²) in [6, 6.07) is 0. The van der Waals surface area contributed by atoms with Gasteiger partial charge in [-0.3, -0.25) is 0 Å². The standard InChI is InChI=1S/C9H14O.C3H6.C2H4O.3C2H6/c1-5-7-9(10-4)8(3)6-2;1-3-2;1-2-3;3*1-2/h5-7H,1H2,2-4H3;3H,1H2,2H3;2H,1H3;3*1-2H3/b8-6-,9-7+;;;;;. The van der Waals surface area contributed by atoms with Crippen LogP contribution in [0.15, 0.2) is 48.8 Å². The van der Waals surface area contributed by atoms with Gasteiger partial charge in [0, 0.05) is 0 Å². The molecule has 0 atom stereocenters. The van der Waals surface area contributed by atoms with Crippen LogP contribution in [0.2, 0.25) is 0 Å². The van der Waals surface area contributed by atoms with Crippen molar-refractivity contribution in [1.82, 2.24) is 0 Å². The van der Waals surface area contributed by atoms with E-state index in [0.29, 0.717) is 0 Å². The molecule has 0 amide bonds. The van der Waals surface area contributed by atoms with Gasteiger partial charge in [-0.25, -0.2) is 0 Å². The fourth-order valence-corrected chi connectivity index (χ4v) is 0.610. The SMILES string of the molecule is C=C/C=C(OC)\C(C)=C/C.C=CC.CC.CC.CC.CC=O. The van der Waals surface area contributed by atoms with Gasteiger partial charge in [-0.05, 0) is 39.3 Å². The number of allylic oxidation sites excluding steroid dienone is 5. The van der Waals surface area contributed by atoms with Gasteiger partial charge in [0.05, 0.1) is 7.11 Å². The molecule has 0 saturated heterocycles. The normalized spacial score (nSPS) is 7.95. The van der Waals surface area contributed by atoms with Crippen molar-refractivity contribution in [2.24, 2.45) is 0 Å². The Morgan fingerprint density at radius 1 is 0.909 bits per heavy atom. The highest BCUT2D eigenvalue weighted by molar-refractivity contribution is 5.44. The van der Waals surface area contributed by atoms with E-state index in [1.165, 1.54) is 6.92 Å². The van der Waals surface area contributed by atoms with Crippen molar-refractivity contribution in [3.05, 3.63) is 48.8 Å². The van der Waals surface area contributed by atoms with Crippen LogP contribution in [0.25, 0.3) is 0 Å². The van der Waals surface area contributed by atoms with Gasteiger partial charge in [0.15, 0.2) is 0 Å². The summed E-state index contributed by atoms with van der Waals surface area (Å²) in [4.78, 5) is 8.81. The highest BCUT2D eigenvalue weighted by Crippen LogP contribution is 2.08. The molecule has 0 spiro atoms. The smallest absolute Gasteiger partial charge is 0.121 e. The van der Waals surface area contributed by atoms with E-state index in [1.807, 2.05) is 74.5 Å². The third-order valence-electron chi connectivity index (χ3n) is 1.31. The van der Waals surface area contributed by atoms with E-state index in [9.17, 15) is 0 Å². The van der Waals surface area contributed by atoms with Crippen molar-refractivity contribution in [2.45, 2.75) is 69.2 Å². The van der Waals surface area contributed by atoms with E-state index in [1.54, 1.807) is 19.3 Å². The van der Waals surface area contributed by atoms with Crippen LogP contribution in [0.1, 0.15) is 69.2 Å². The molecule has 134 valence electrons. The molecule has 0 rings (SSSR count). The van der Waals surface area contributed by atoms with E-state index >= 15 is 0 Å². The molecule has 0 aliphatic carbocycles. The van der Waals surface area contributed by atoms with E-state index in [4.69, 9.17) is 9.53 Å². The highest BCUT2D eigenvalue weighted by atomic mass is 16.5. The summed E-state index contributed by atoms with van der Waals surface area (Å²) in [6.45, 7) is 26.3. The van der Waals surface area contributed by atoms with Crippen molar-refractivity contribution in [3.8, 4) is 0 Å². The molecule has 0 fully saturated rings. The lowest BCUT2D eigenvalue weighted by molar-refractivity contribution is -0.106. The van der Waals surface area contributed by atoms with Gasteiger partial charge < -0.3 is 9.53 Å².